The first-order valence-corrected chi connectivity index (χ1v) is 9.57. The highest BCUT2D eigenvalue weighted by molar-refractivity contribution is 9.10. The van der Waals surface area contributed by atoms with E-state index in [1.165, 1.54) is 4.90 Å². The van der Waals surface area contributed by atoms with E-state index < -0.39 is 12.1 Å². The first-order chi connectivity index (χ1) is 13.5. The molecule has 1 N–H and O–H groups in total. The zero-order chi connectivity index (χ0) is 19.9. The molecule has 148 valence electrons. The predicted octanol–water partition coefficient (Wildman–Crippen LogP) is 3.83. The summed E-state index contributed by atoms with van der Waals surface area (Å²) in [6.07, 6.45) is -0.747. The monoisotopic (exact) mass is 449 g/mol. The van der Waals surface area contributed by atoms with Crippen LogP contribution < -0.4 is 9.47 Å². The molecule has 8 heteroatoms. The minimum Gasteiger partial charge on any atom is -0.486 e. The van der Waals surface area contributed by atoms with Crippen molar-refractivity contribution in [2.45, 2.75) is 19.6 Å². The second-order valence-electron chi connectivity index (χ2n) is 6.21. The molecule has 3 rings (SSSR count). The minimum absolute atomic E-state index is 0.0367. The number of amides is 1. The van der Waals surface area contributed by atoms with E-state index in [-0.39, 0.29) is 26.1 Å². The van der Waals surface area contributed by atoms with Crippen LogP contribution in [0.15, 0.2) is 46.9 Å². The van der Waals surface area contributed by atoms with E-state index >= 15 is 0 Å². The molecule has 0 saturated heterocycles. The zero-order valence-electron chi connectivity index (χ0n) is 15.1. The third-order valence-corrected chi connectivity index (χ3v) is 4.68. The van der Waals surface area contributed by atoms with E-state index in [2.05, 4.69) is 15.9 Å². The number of nitrogens with zero attached hydrogens (tertiary/aromatic N) is 1. The van der Waals surface area contributed by atoms with Crippen LogP contribution in [0.4, 0.5) is 4.79 Å². The van der Waals surface area contributed by atoms with Gasteiger partial charge in [-0.1, -0.05) is 30.3 Å². The van der Waals surface area contributed by atoms with Gasteiger partial charge in [0, 0.05) is 13.1 Å². The maximum Gasteiger partial charge on any atom is 0.410 e. The molecule has 0 radical (unpaired) electrons. The van der Waals surface area contributed by atoms with Gasteiger partial charge in [-0.05, 0) is 39.2 Å². The van der Waals surface area contributed by atoms with Crippen molar-refractivity contribution in [3.63, 3.8) is 0 Å². The number of carbonyl (C=O) groups excluding carboxylic acids is 1. The summed E-state index contributed by atoms with van der Waals surface area (Å²) in [6, 6.07) is 12.9. The van der Waals surface area contributed by atoms with Crippen LogP contribution in [0.5, 0.6) is 11.5 Å². The molecule has 1 amide bonds. The summed E-state index contributed by atoms with van der Waals surface area (Å²) in [5, 5.41) is 9.00. The van der Waals surface area contributed by atoms with Gasteiger partial charge in [-0.3, -0.25) is 4.79 Å². The Morgan fingerprint density at radius 1 is 1.11 bits per heavy atom. The number of aliphatic carboxylic acids is 1. The fraction of sp³-hybridized carbons (Fsp3) is 0.300. The molecule has 0 bridgehead atoms. The van der Waals surface area contributed by atoms with Gasteiger partial charge in [-0.25, -0.2) is 4.79 Å². The Labute approximate surface area is 170 Å². The lowest BCUT2D eigenvalue weighted by Gasteiger charge is -2.24. The van der Waals surface area contributed by atoms with Gasteiger partial charge in [0.15, 0.2) is 11.5 Å². The minimum atomic E-state index is -0.982. The Kier molecular flexibility index (Phi) is 6.76. The Hall–Kier alpha value is -2.74. The third kappa shape index (κ3) is 5.39. The summed E-state index contributed by atoms with van der Waals surface area (Å²) < 4.78 is 17.3. The second-order valence-corrected chi connectivity index (χ2v) is 7.06. The van der Waals surface area contributed by atoms with E-state index in [9.17, 15) is 9.59 Å². The normalized spacial score (nSPS) is 12.3. The maximum absolute atomic E-state index is 12.6. The molecular formula is C20H20BrNO6. The Balaban J connectivity index is 1.71. The SMILES string of the molecule is O=C(O)CCN(Cc1cc(Br)c2c(c1)OCCO2)C(=O)OCc1ccccc1. The van der Waals surface area contributed by atoms with Crippen LogP contribution in [0.1, 0.15) is 17.5 Å². The largest absolute Gasteiger partial charge is 0.486 e. The van der Waals surface area contributed by atoms with E-state index in [0.29, 0.717) is 24.7 Å². The van der Waals surface area contributed by atoms with Crippen LogP contribution in [0.2, 0.25) is 0 Å². The first kappa shape index (κ1) is 20.0. The van der Waals surface area contributed by atoms with Crippen molar-refractivity contribution < 1.29 is 28.9 Å². The molecular weight excluding hydrogens is 430 g/mol. The quantitative estimate of drug-likeness (QED) is 0.690. The van der Waals surface area contributed by atoms with Crippen molar-refractivity contribution in [2.24, 2.45) is 0 Å². The highest BCUT2D eigenvalue weighted by Crippen LogP contribution is 2.38. The fourth-order valence-electron chi connectivity index (χ4n) is 2.75. The predicted molar refractivity (Wildman–Crippen MR) is 104 cm³/mol. The molecule has 0 fully saturated rings. The van der Waals surface area contributed by atoms with E-state index in [1.807, 2.05) is 36.4 Å². The van der Waals surface area contributed by atoms with Gasteiger partial charge in [-0.2, -0.15) is 0 Å². The second kappa shape index (κ2) is 9.45. The number of ether oxygens (including phenoxy) is 3. The smallest absolute Gasteiger partial charge is 0.410 e. The van der Waals surface area contributed by atoms with Crippen LogP contribution in [-0.4, -0.2) is 41.8 Å². The zero-order valence-corrected chi connectivity index (χ0v) is 16.7. The summed E-state index contributed by atoms with van der Waals surface area (Å²) in [5.74, 6) is 0.231. The van der Waals surface area contributed by atoms with Crippen LogP contribution in [0.25, 0.3) is 0 Å². The van der Waals surface area contributed by atoms with Crippen molar-refractivity contribution >= 4 is 28.0 Å². The number of carbonyl (C=O) groups is 2. The van der Waals surface area contributed by atoms with Gasteiger partial charge in [-0.15, -0.1) is 0 Å². The number of hydrogen-bond acceptors (Lipinski definition) is 5. The molecule has 0 unspecified atom stereocenters. The first-order valence-electron chi connectivity index (χ1n) is 8.78. The van der Waals surface area contributed by atoms with Crippen molar-refractivity contribution in [3.05, 3.63) is 58.1 Å². The molecule has 2 aromatic rings. The van der Waals surface area contributed by atoms with E-state index in [4.69, 9.17) is 19.3 Å². The number of carboxylic acids is 1. The molecule has 2 aromatic carbocycles. The van der Waals surface area contributed by atoms with Crippen molar-refractivity contribution in [2.75, 3.05) is 19.8 Å². The Morgan fingerprint density at radius 3 is 2.61 bits per heavy atom. The third-order valence-electron chi connectivity index (χ3n) is 4.09. The summed E-state index contributed by atoms with van der Waals surface area (Å²) in [4.78, 5) is 24.9. The summed E-state index contributed by atoms with van der Waals surface area (Å²) in [5.41, 5.74) is 1.63. The fourth-order valence-corrected chi connectivity index (χ4v) is 3.36. The Bertz CT molecular complexity index is 842. The molecule has 0 spiro atoms. The molecule has 1 heterocycles. The Morgan fingerprint density at radius 2 is 1.86 bits per heavy atom. The number of rotatable bonds is 7. The number of halogens is 1. The highest BCUT2D eigenvalue weighted by Gasteiger charge is 2.21. The molecule has 28 heavy (non-hydrogen) atoms. The average molecular weight is 450 g/mol. The molecule has 0 atom stereocenters. The van der Waals surface area contributed by atoms with Crippen molar-refractivity contribution in [1.82, 2.24) is 4.90 Å². The molecule has 1 aliphatic heterocycles. The van der Waals surface area contributed by atoms with Gasteiger partial charge in [0.25, 0.3) is 0 Å². The van der Waals surface area contributed by atoms with Crippen LogP contribution >= 0.6 is 15.9 Å². The maximum atomic E-state index is 12.6. The summed E-state index contributed by atoms with van der Waals surface area (Å²) in [6.45, 7) is 1.27. The molecule has 0 aliphatic carbocycles. The number of benzene rings is 2. The van der Waals surface area contributed by atoms with E-state index in [1.54, 1.807) is 6.07 Å². The lowest BCUT2D eigenvalue weighted by molar-refractivity contribution is -0.137. The molecule has 0 aromatic heterocycles. The van der Waals surface area contributed by atoms with Gasteiger partial charge >= 0.3 is 12.1 Å². The summed E-state index contributed by atoms with van der Waals surface area (Å²) in [7, 11) is 0. The highest BCUT2D eigenvalue weighted by atomic mass is 79.9. The molecule has 7 nitrogen and oxygen atoms in total. The molecule has 0 saturated carbocycles. The number of fused-ring (bicyclic) bond motifs is 1. The van der Waals surface area contributed by atoms with Gasteiger partial charge < -0.3 is 24.2 Å². The van der Waals surface area contributed by atoms with Crippen LogP contribution in [0.3, 0.4) is 0 Å². The van der Waals surface area contributed by atoms with Crippen molar-refractivity contribution in [3.8, 4) is 11.5 Å². The number of carboxylic acid groups (broad SMARTS) is 1. The van der Waals surface area contributed by atoms with Gasteiger partial charge in [0.2, 0.25) is 0 Å². The molecule has 1 aliphatic rings. The summed E-state index contributed by atoms with van der Waals surface area (Å²) >= 11 is 3.45. The van der Waals surface area contributed by atoms with E-state index in [0.717, 1.165) is 15.6 Å². The standard InChI is InChI=1S/C20H20BrNO6/c21-16-10-15(11-17-19(16)27-9-8-26-17)12-22(7-6-18(23)24)20(25)28-13-14-4-2-1-3-5-14/h1-5,10-11H,6-9,12-13H2,(H,23,24). The number of hydrogen-bond donors (Lipinski definition) is 1. The average Bonchev–Trinajstić information content (AvgIpc) is 2.70. The topological polar surface area (TPSA) is 85.3 Å². The lowest BCUT2D eigenvalue weighted by Crippen LogP contribution is -2.33. The van der Waals surface area contributed by atoms with Crippen LogP contribution in [-0.2, 0) is 22.7 Å². The van der Waals surface area contributed by atoms with Gasteiger partial charge in [0.1, 0.15) is 19.8 Å². The van der Waals surface area contributed by atoms with Crippen molar-refractivity contribution in [1.29, 1.82) is 0 Å². The lowest BCUT2D eigenvalue weighted by atomic mass is 10.1. The van der Waals surface area contributed by atoms with Crippen LogP contribution in [0, 0.1) is 0 Å². The van der Waals surface area contributed by atoms with Gasteiger partial charge in [0.05, 0.1) is 10.9 Å².